The van der Waals surface area contributed by atoms with E-state index in [1.807, 2.05) is 0 Å². The molecule has 2 nitrogen and oxygen atoms in total. The summed E-state index contributed by atoms with van der Waals surface area (Å²) in [7, 11) is 0. The normalized spacial score (nSPS) is 12.3. The minimum Gasteiger partial charge on any atom is -0.464 e. The van der Waals surface area contributed by atoms with Gasteiger partial charge in [0.25, 0.3) is 0 Å². The van der Waals surface area contributed by atoms with Crippen molar-refractivity contribution in [2.45, 2.75) is 13.1 Å². The molecule has 16 heavy (non-hydrogen) atoms. The first-order valence-electron chi connectivity index (χ1n) is 4.43. The molecule has 0 aliphatic carbocycles. The lowest BCUT2D eigenvalue weighted by Crippen LogP contribution is -2.15. The second-order valence-corrected chi connectivity index (χ2v) is 3.73. The Balaban J connectivity index is 3.12. The summed E-state index contributed by atoms with van der Waals surface area (Å²) in [5, 5.41) is 0. The van der Waals surface area contributed by atoms with Gasteiger partial charge in [-0.15, -0.1) is 0 Å². The number of rotatable bonds is 3. The van der Waals surface area contributed by atoms with Gasteiger partial charge in [-0.05, 0) is 35.0 Å². The van der Waals surface area contributed by atoms with Gasteiger partial charge in [-0.1, -0.05) is 0 Å². The van der Waals surface area contributed by atoms with Crippen LogP contribution in [0.3, 0.4) is 0 Å². The van der Waals surface area contributed by atoms with E-state index in [0.29, 0.717) is 0 Å². The minimum atomic E-state index is -2.46. The predicted molar refractivity (Wildman–Crippen MR) is 54.5 cm³/mol. The maximum Gasteiger partial charge on any atom is 0.345 e. The Kier molecular flexibility index (Phi) is 4.35. The van der Waals surface area contributed by atoms with Crippen molar-refractivity contribution in [1.29, 1.82) is 0 Å². The van der Waals surface area contributed by atoms with E-state index in [-0.39, 0.29) is 11.1 Å². The molecule has 0 heterocycles. The summed E-state index contributed by atoms with van der Waals surface area (Å²) in [6.07, 6.45) is -2.46. The van der Waals surface area contributed by atoms with E-state index in [9.17, 15) is 18.0 Å². The summed E-state index contributed by atoms with van der Waals surface area (Å²) in [6.45, 7) is 1.41. The quantitative estimate of drug-likeness (QED) is 0.632. The molecule has 0 spiro atoms. The molecule has 1 aromatic carbocycles. The molecule has 0 aromatic heterocycles. The standard InChI is InChI=1S/C10H8BrF3O2/c1-2-16-10(15)9(14)7-6(12)4-3-5(11)8(7)13/h3-4,9H,2H2,1H3. The Morgan fingerprint density at radius 3 is 2.69 bits per heavy atom. The fraction of sp³-hybridized carbons (Fsp3) is 0.300. The van der Waals surface area contributed by atoms with Gasteiger partial charge >= 0.3 is 5.97 Å². The van der Waals surface area contributed by atoms with Crippen LogP contribution in [0.2, 0.25) is 0 Å². The molecule has 0 saturated carbocycles. The van der Waals surface area contributed by atoms with Gasteiger partial charge in [-0.25, -0.2) is 18.0 Å². The van der Waals surface area contributed by atoms with Gasteiger partial charge in [0.1, 0.15) is 11.6 Å². The van der Waals surface area contributed by atoms with E-state index in [0.717, 1.165) is 12.1 Å². The van der Waals surface area contributed by atoms with Crippen molar-refractivity contribution in [1.82, 2.24) is 0 Å². The number of halogens is 4. The Labute approximate surface area is 98.5 Å². The van der Waals surface area contributed by atoms with Gasteiger partial charge in [-0.2, -0.15) is 0 Å². The van der Waals surface area contributed by atoms with Crippen LogP contribution in [0.5, 0.6) is 0 Å². The van der Waals surface area contributed by atoms with Crippen molar-refractivity contribution >= 4 is 21.9 Å². The van der Waals surface area contributed by atoms with Gasteiger partial charge in [0.05, 0.1) is 16.6 Å². The first-order valence-corrected chi connectivity index (χ1v) is 5.22. The highest BCUT2D eigenvalue weighted by Gasteiger charge is 2.28. The van der Waals surface area contributed by atoms with E-state index in [2.05, 4.69) is 20.7 Å². The van der Waals surface area contributed by atoms with Crippen molar-refractivity contribution < 1.29 is 22.7 Å². The van der Waals surface area contributed by atoms with Gasteiger partial charge in [0, 0.05) is 0 Å². The number of benzene rings is 1. The van der Waals surface area contributed by atoms with E-state index >= 15 is 0 Å². The van der Waals surface area contributed by atoms with Crippen LogP contribution in [0.15, 0.2) is 16.6 Å². The number of esters is 1. The first-order chi connectivity index (χ1) is 7.49. The van der Waals surface area contributed by atoms with Crippen molar-refractivity contribution in [2.24, 2.45) is 0 Å². The molecule has 0 radical (unpaired) electrons. The molecule has 0 N–H and O–H groups in total. The van der Waals surface area contributed by atoms with Crippen LogP contribution in [-0.2, 0) is 9.53 Å². The average Bonchev–Trinajstić information content (AvgIpc) is 2.24. The summed E-state index contributed by atoms with van der Waals surface area (Å²) < 4.78 is 44.2. The van der Waals surface area contributed by atoms with E-state index in [1.165, 1.54) is 6.92 Å². The highest BCUT2D eigenvalue weighted by atomic mass is 79.9. The molecule has 0 fully saturated rings. The molecule has 1 unspecified atom stereocenters. The number of hydrogen-bond acceptors (Lipinski definition) is 2. The zero-order valence-electron chi connectivity index (χ0n) is 8.27. The Hall–Kier alpha value is -1.04. The number of carbonyl (C=O) groups is 1. The van der Waals surface area contributed by atoms with Gasteiger partial charge in [0.15, 0.2) is 0 Å². The van der Waals surface area contributed by atoms with E-state index in [1.54, 1.807) is 0 Å². The van der Waals surface area contributed by atoms with Crippen molar-refractivity contribution in [3.8, 4) is 0 Å². The maximum absolute atomic E-state index is 13.4. The molecule has 0 saturated heterocycles. The molecular formula is C10H8BrF3O2. The lowest BCUT2D eigenvalue weighted by molar-refractivity contribution is -0.149. The third kappa shape index (κ3) is 2.55. The van der Waals surface area contributed by atoms with Crippen LogP contribution < -0.4 is 0 Å². The van der Waals surface area contributed by atoms with Crippen LogP contribution in [0, 0.1) is 11.6 Å². The van der Waals surface area contributed by atoms with Crippen LogP contribution in [0.4, 0.5) is 13.2 Å². The largest absolute Gasteiger partial charge is 0.464 e. The fourth-order valence-corrected chi connectivity index (χ4v) is 1.45. The molecule has 6 heteroatoms. The van der Waals surface area contributed by atoms with E-state index < -0.39 is 29.3 Å². The van der Waals surface area contributed by atoms with Gasteiger partial charge in [0.2, 0.25) is 6.17 Å². The molecule has 0 bridgehead atoms. The highest BCUT2D eigenvalue weighted by molar-refractivity contribution is 9.10. The van der Waals surface area contributed by atoms with Crippen LogP contribution in [-0.4, -0.2) is 12.6 Å². The SMILES string of the molecule is CCOC(=O)C(F)c1c(F)ccc(Br)c1F. The maximum atomic E-state index is 13.4. The second kappa shape index (κ2) is 5.34. The summed E-state index contributed by atoms with van der Waals surface area (Å²) in [5.41, 5.74) is -0.937. The van der Waals surface area contributed by atoms with Crippen LogP contribution in [0.25, 0.3) is 0 Å². The number of hydrogen-bond donors (Lipinski definition) is 0. The lowest BCUT2D eigenvalue weighted by atomic mass is 10.1. The second-order valence-electron chi connectivity index (χ2n) is 2.87. The first kappa shape index (κ1) is 13.0. The fourth-order valence-electron chi connectivity index (χ4n) is 1.11. The van der Waals surface area contributed by atoms with E-state index in [4.69, 9.17) is 0 Å². The molecule has 1 atom stereocenters. The molecule has 0 amide bonds. The highest BCUT2D eigenvalue weighted by Crippen LogP contribution is 2.29. The average molecular weight is 297 g/mol. The predicted octanol–water partition coefficient (Wildman–Crippen LogP) is 3.30. The van der Waals surface area contributed by atoms with Crippen molar-refractivity contribution in [3.05, 3.63) is 33.8 Å². The molecule has 1 aromatic rings. The van der Waals surface area contributed by atoms with Gasteiger partial charge < -0.3 is 4.74 Å². The summed E-state index contributed by atoms with van der Waals surface area (Å²) in [4.78, 5) is 11.0. The lowest BCUT2D eigenvalue weighted by Gasteiger charge is -2.10. The molecule has 0 aliphatic rings. The zero-order chi connectivity index (χ0) is 12.3. The molecule has 88 valence electrons. The smallest absolute Gasteiger partial charge is 0.345 e. The number of alkyl halides is 1. The third-order valence-corrected chi connectivity index (χ3v) is 2.44. The summed E-state index contributed by atoms with van der Waals surface area (Å²) >= 11 is 2.78. The van der Waals surface area contributed by atoms with Crippen molar-refractivity contribution in [3.63, 3.8) is 0 Å². The van der Waals surface area contributed by atoms with Crippen LogP contribution in [0.1, 0.15) is 18.7 Å². The Bertz CT molecular complexity index is 409. The molecule has 1 rings (SSSR count). The monoisotopic (exact) mass is 296 g/mol. The summed E-state index contributed by atoms with van der Waals surface area (Å²) in [5.74, 6) is -3.57. The van der Waals surface area contributed by atoms with Crippen molar-refractivity contribution in [2.75, 3.05) is 6.61 Å². The summed E-state index contributed by atoms with van der Waals surface area (Å²) in [6, 6.07) is 1.96. The Morgan fingerprint density at radius 1 is 1.50 bits per heavy atom. The molecular weight excluding hydrogens is 289 g/mol. The molecule has 0 aliphatic heterocycles. The number of carbonyl (C=O) groups excluding carboxylic acids is 1. The Morgan fingerprint density at radius 2 is 2.12 bits per heavy atom. The zero-order valence-corrected chi connectivity index (χ0v) is 9.85. The minimum absolute atomic E-state index is 0.0590. The van der Waals surface area contributed by atoms with Gasteiger partial charge in [-0.3, -0.25) is 0 Å². The number of ether oxygens (including phenoxy) is 1. The third-order valence-electron chi connectivity index (χ3n) is 1.83. The van der Waals surface area contributed by atoms with Crippen LogP contribution >= 0.6 is 15.9 Å². The topological polar surface area (TPSA) is 26.3 Å².